The standard InChI is InChI=1S/C15H28O2/c1-5-13(6-2)14(16)15(17-7-3)10-8-9-12(4)11-15/h12-13H,5-11H2,1-4H3. The highest BCUT2D eigenvalue weighted by atomic mass is 16.5. The smallest absolute Gasteiger partial charge is 0.167 e. The van der Waals surface area contributed by atoms with E-state index in [2.05, 4.69) is 20.8 Å². The minimum absolute atomic E-state index is 0.187. The van der Waals surface area contributed by atoms with Gasteiger partial charge in [0.25, 0.3) is 0 Å². The summed E-state index contributed by atoms with van der Waals surface area (Å²) >= 11 is 0. The Morgan fingerprint density at radius 3 is 2.47 bits per heavy atom. The molecule has 0 aromatic heterocycles. The molecule has 1 saturated carbocycles. The second kappa shape index (κ2) is 6.53. The van der Waals surface area contributed by atoms with Gasteiger partial charge >= 0.3 is 0 Å². The largest absolute Gasteiger partial charge is 0.367 e. The van der Waals surface area contributed by atoms with Crippen molar-refractivity contribution in [2.24, 2.45) is 11.8 Å². The van der Waals surface area contributed by atoms with Crippen LogP contribution in [-0.4, -0.2) is 18.0 Å². The molecule has 0 saturated heterocycles. The van der Waals surface area contributed by atoms with E-state index in [1.165, 1.54) is 6.42 Å². The first-order chi connectivity index (χ1) is 8.09. The van der Waals surface area contributed by atoms with E-state index in [1.807, 2.05) is 6.92 Å². The van der Waals surface area contributed by atoms with Crippen molar-refractivity contribution in [3.63, 3.8) is 0 Å². The maximum absolute atomic E-state index is 12.7. The van der Waals surface area contributed by atoms with Crippen molar-refractivity contribution in [1.82, 2.24) is 0 Å². The van der Waals surface area contributed by atoms with Crippen LogP contribution in [-0.2, 0) is 9.53 Å². The van der Waals surface area contributed by atoms with E-state index in [1.54, 1.807) is 0 Å². The minimum atomic E-state index is -0.455. The molecule has 0 radical (unpaired) electrons. The van der Waals surface area contributed by atoms with E-state index in [0.29, 0.717) is 18.3 Å². The van der Waals surface area contributed by atoms with Crippen LogP contribution in [0.4, 0.5) is 0 Å². The third kappa shape index (κ3) is 3.31. The number of rotatable bonds is 6. The van der Waals surface area contributed by atoms with Gasteiger partial charge in [0.15, 0.2) is 5.78 Å². The van der Waals surface area contributed by atoms with Crippen molar-refractivity contribution in [2.45, 2.75) is 71.8 Å². The van der Waals surface area contributed by atoms with Crippen molar-refractivity contribution in [3.8, 4) is 0 Å². The van der Waals surface area contributed by atoms with E-state index < -0.39 is 5.60 Å². The fraction of sp³-hybridized carbons (Fsp3) is 0.933. The van der Waals surface area contributed by atoms with E-state index >= 15 is 0 Å². The quantitative estimate of drug-likeness (QED) is 0.702. The van der Waals surface area contributed by atoms with E-state index in [9.17, 15) is 4.79 Å². The Kier molecular flexibility index (Phi) is 5.64. The van der Waals surface area contributed by atoms with Crippen molar-refractivity contribution in [1.29, 1.82) is 0 Å². The maximum Gasteiger partial charge on any atom is 0.167 e. The second-order valence-corrected chi connectivity index (χ2v) is 5.51. The van der Waals surface area contributed by atoms with Crippen molar-refractivity contribution >= 4 is 5.78 Å². The summed E-state index contributed by atoms with van der Waals surface area (Å²) in [4.78, 5) is 12.7. The average Bonchev–Trinajstić information content (AvgIpc) is 2.31. The summed E-state index contributed by atoms with van der Waals surface area (Å²) in [5.41, 5.74) is -0.455. The van der Waals surface area contributed by atoms with Crippen LogP contribution < -0.4 is 0 Å². The molecule has 2 nitrogen and oxygen atoms in total. The molecule has 0 aliphatic heterocycles. The van der Waals surface area contributed by atoms with Gasteiger partial charge < -0.3 is 4.74 Å². The van der Waals surface area contributed by atoms with Crippen molar-refractivity contribution in [3.05, 3.63) is 0 Å². The molecule has 1 aliphatic rings. The Bertz CT molecular complexity index is 241. The molecule has 0 heterocycles. The fourth-order valence-electron chi connectivity index (χ4n) is 3.24. The highest BCUT2D eigenvalue weighted by Gasteiger charge is 2.44. The van der Waals surface area contributed by atoms with Crippen LogP contribution in [0.5, 0.6) is 0 Å². The number of ketones is 1. The van der Waals surface area contributed by atoms with Gasteiger partial charge in [-0.2, -0.15) is 0 Å². The molecule has 0 aromatic rings. The van der Waals surface area contributed by atoms with Crippen LogP contribution in [0.1, 0.15) is 66.2 Å². The number of hydrogen-bond acceptors (Lipinski definition) is 2. The SMILES string of the molecule is CCOC1(C(=O)C(CC)CC)CCCC(C)C1. The summed E-state index contributed by atoms with van der Waals surface area (Å²) in [6.45, 7) is 9.11. The molecule has 0 amide bonds. The highest BCUT2D eigenvalue weighted by molar-refractivity contribution is 5.89. The van der Waals surface area contributed by atoms with Crippen LogP contribution in [0.25, 0.3) is 0 Å². The third-order valence-electron chi connectivity index (χ3n) is 4.18. The van der Waals surface area contributed by atoms with Crippen LogP contribution in [0.15, 0.2) is 0 Å². The first-order valence-electron chi connectivity index (χ1n) is 7.27. The molecule has 2 unspecified atom stereocenters. The van der Waals surface area contributed by atoms with Gasteiger partial charge in [-0.05, 0) is 44.9 Å². The van der Waals surface area contributed by atoms with Gasteiger partial charge in [0.2, 0.25) is 0 Å². The summed E-state index contributed by atoms with van der Waals surface area (Å²) in [5.74, 6) is 1.18. The Balaban J connectivity index is 2.85. The van der Waals surface area contributed by atoms with Crippen molar-refractivity contribution < 1.29 is 9.53 Å². The number of carbonyl (C=O) groups is 1. The lowest BCUT2D eigenvalue weighted by molar-refractivity contribution is -0.155. The normalized spacial score (nSPS) is 29.6. The Labute approximate surface area is 106 Å². The van der Waals surface area contributed by atoms with Crippen LogP contribution in [0.3, 0.4) is 0 Å². The molecule has 2 heteroatoms. The minimum Gasteiger partial charge on any atom is -0.367 e. The van der Waals surface area contributed by atoms with Crippen LogP contribution >= 0.6 is 0 Å². The average molecular weight is 240 g/mol. The molecule has 0 spiro atoms. The summed E-state index contributed by atoms with van der Waals surface area (Å²) < 4.78 is 5.94. The Morgan fingerprint density at radius 2 is 2.00 bits per heavy atom. The second-order valence-electron chi connectivity index (χ2n) is 5.51. The molecule has 1 aliphatic carbocycles. The number of carbonyl (C=O) groups excluding carboxylic acids is 1. The van der Waals surface area contributed by atoms with E-state index in [4.69, 9.17) is 4.74 Å². The first-order valence-corrected chi connectivity index (χ1v) is 7.27. The maximum atomic E-state index is 12.7. The van der Waals surface area contributed by atoms with Gasteiger partial charge in [-0.1, -0.05) is 27.2 Å². The Hall–Kier alpha value is -0.370. The molecule has 17 heavy (non-hydrogen) atoms. The highest BCUT2D eigenvalue weighted by Crippen LogP contribution is 2.38. The number of hydrogen-bond donors (Lipinski definition) is 0. The predicted octanol–water partition coefficient (Wildman–Crippen LogP) is 3.98. The molecular formula is C15H28O2. The predicted molar refractivity (Wildman–Crippen MR) is 71.1 cm³/mol. The van der Waals surface area contributed by atoms with E-state index in [0.717, 1.165) is 32.1 Å². The molecule has 100 valence electrons. The topological polar surface area (TPSA) is 26.3 Å². The summed E-state index contributed by atoms with van der Waals surface area (Å²) in [6, 6.07) is 0. The summed E-state index contributed by atoms with van der Waals surface area (Å²) in [5, 5.41) is 0. The Morgan fingerprint density at radius 1 is 1.35 bits per heavy atom. The van der Waals surface area contributed by atoms with Crippen LogP contribution in [0.2, 0.25) is 0 Å². The van der Waals surface area contributed by atoms with Gasteiger partial charge in [0, 0.05) is 12.5 Å². The zero-order valence-electron chi connectivity index (χ0n) is 11.9. The summed E-state index contributed by atoms with van der Waals surface area (Å²) in [6.07, 6.45) is 6.12. The van der Waals surface area contributed by atoms with Gasteiger partial charge in [-0.25, -0.2) is 0 Å². The monoisotopic (exact) mass is 240 g/mol. The fourth-order valence-corrected chi connectivity index (χ4v) is 3.24. The zero-order valence-corrected chi connectivity index (χ0v) is 11.9. The van der Waals surface area contributed by atoms with Gasteiger partial charge in [-0.15, -0.1) is 0 Å². The summed E-state index contributed by atoms with van der Waals surface area (Å²) in [7, 11) is 0. The first kappa shape index (κ1) is 14.7. The molecule has 1 fully saturated rings. The van der Waals surface area contributed by atoms with Crippen LogP contribution in [0, 0.1) is 11.8 Å². The molecule has 0 bridgehead atoms. The van der Waals surface area contributed by atoms with Gasteiger partial charge in [0.05, 0.1) is 0 Å². The molecule has 0 aromatic carbocycles. The molecule has 2 atom stereocenters. The van der Waals surface area contributed by atoms with Gasteiger partial charge in [0.1, 0.15) is 5.60 Å². The molecule has 0 N–H and O–H groups in total. The van der Waals surface area contributed by atoms with Gasteiger partial charge in [-0.3, -0.25) is 4.79 Å². The number of Topliss-reactive ketones (excluding diaryl/α,β-unsaturated/α-hetero) is 1. The van der Waals surface area contributed by atoms with E-state index in [-0.39, 0.29) is 5.92 Å². The zero-order chi connectivity index (χ0) is 12.9. The lowest BCUT2D eigenvalue weighted by Gasteiger charge is -2.40. The molecule has 1 rings (SSSR count). The van der Waals surface area contributed by atoms with Crippen molar-refractivity contribution in [2.75, 3.05) is 6.61 Å². The lowest BCUT2D eigenvalue weighted by Crippen LogP contribution is -2.48. The molecular weight excluding hydrogens is 212 g/mol. The number of ether oxygens (including phenoxy) is 1. The lowest BCUT2D eigenvalue weighted by atomic mass is 9.72. The third-order valence-corrected chi connectivity index (χ3v) is 4.18.